The van der Waals surface area contributed by atoms with E-state index in [1.165, 1.54) is 0 Å². The third-order valence-electron chi connectivity index (χ3n) is 5.11. The average Bonchev–Trinajstić information content (AvgIpc) is 2.81. The SMILES string of the molecule is COc1ccc(NC(=O)Nc2cnc(N3CCN(c4ccccn4)CC3)nc2)c(C)c1. The molecule has 3 aromatic rings. The number of aromatic nitrogens is 3. The fourth-order valence-electron chi connectivity index (χ4n) is 3.41. The quantitative estimate of drug-likeness (QED) is 0.656. The molecule has 4 rings (SSSR count). The minimum atomic E-state index is -0.353. The monoisotopic (exact) mass is 419 g/mol. The molecule has 1 fully saturated rings. The van der Waals surface area contributed by atoms with E-state index in [4.69, 9.17) is 4.74 Å². The highest BCUT2D eigenvalue weighted by Gasteiger charge is 2.19. The maximum absolute atomic E-state index is 12.3. The molecular weight excluding hydrogens is 394 g/mol. The Hall–Kier alpha value is -3.88. The molecule has 0 unspecified atom stereocenters. The highest BCUT2D eigenvalue weighted by Crippen LogP contribution is 2.21. The fraction of sp³-hybridized carbons (Fsp3) is 0.273. The number of methoxy groups -OCH3 is 1. The number of urea groups is 1. The van der Waals surface area contributed by atoms with Crippen molar-refractivity contribution in [1.29, 1.82) is 0 Å². The zero-order valence-electron chi connectivity index (χ0n) is 17.6. The molecule has 0 atom stereocenters. The highest BCUT2D eigenvalue weighted by atomic mass is 16.5. The normalized spacial score (nSPS) is 13.6. The summed E-state index contributed by atoms with van der Waals surface area (Å²) in [5.74, 6) is 2.38. The van der Waals surface area contributed by atoms with E-state index in [2.05, 4.69) is 35.4 Å². The van der Waals surface area contributed by atoms with Crippen molar-refractivity contribution in [2.24, 2.45) is 0 Å². The Balaban J connectivity index is 1.31. The third-order valence-corrected chi connectivity index (χ3v) is 5.11. The van der Waals surface area contributed by atoms with E-state index in [-0.39, 0.29) is 6.03 Å². The summed E-state index contributed by atoms with van der Waals surface area (Å²) in [6, 6.07) is 11.0. The number of aryl methyl sites for hydroxylation is 1. The lowest BCUT2D eigenvalue weighted by Gasteiger charge is -2.35. The van der Waals surface area contributed by atoms with Gasteiger partial charge in [0.15, 0.2) is 0 Å². The topological polar surface area (TPSA) is 95.5 Å². The summed E-state index contributed by atoms with van der Waals surface area (Å²) in [6.07, 6.45) is 5.05. The third kappa shape index (κ3) is 5.00. The second kappa shape index (κ2) is 9.29. The van der Waals surface area contributed by atoms with Gasteiger partial charge in [0.25, 0.3) is 0 Å². The molecule has 0 aliphatic carbocycles. The number of piperazine rings is 1. The van der Waals surface area contributed by atoms with Crippen LogP contribution in [-0.2, 0) is 0 Å². The summed E-state index contributed by atoms with van der Waals surface area (Å²) in [5, 5.41) is 5.59. The molecule has 1 aliphatic heterocycles. The van der Waals surface area contributed by atoms with E-state index >= 15 is 0 Å². The summed E-state index contributed by atoms with van der Waals surface area (Å²) in [6.45, 7) is 5.22. The number of anilines is 4. The number of benzene rings is 1. The van der Waals surface area contributed by atoms with Crippen molar-refractivity contribution in [3.63, 3.8) is 0 Å². The number of carbonyl (C=O) groups is 1. The van der Waals surface area contributed by atoms with E-state index in [1.807, 2.05) is 37.4 Å². The van der Waals surface area contributed by atoms with Crippen LogP contribution in [0.3, 0.4) is 0 Å². The van der Waals surface area contributed by atoms with Crippen LogP contribution >= 0.6 is 0 Å². The molecule has 0 bridgehead atoms. The Morgan fingerprint density at radius 1 is 0.968 bits per heavy atom. The molecular formula is C22H25N7O2. The molecule has 1 aliphatic rings. The molecule has 0 radical (unpaired) electrons. The van der Waals surface area contributed by atoms with Gasteiger partial charge in [-0.15, -0.1) is 0 Å². The van der Waals surface area contributed by atoms with E-state index in [0.717, 1.165) is 43.3 Å². The number of hydrogen-bond donors (Lipinski definition) is 2. The van der Waals surface area contributed by atoms with Crippen molar-refractivity contribution in [3.8, 4) is 5.75 Å². The van der Waals surface area contributed by atoms with Crippen molar-refractivity contribution in [2.45, 2.75) is 6.92 Å². The number of ether oxygens (including phenoxy) is 1. The molecule has 2 amide bonds. The first kappa shape index (κ1) is 20.4. The standard InChI is InChI=1S/C22H25N7O2/c1-16-13-18(31-2)6-7-19(16)27-22(30)26-17-14-24-21(25-15-17)29-11-9-28(10-12-29)20-5-3-4-8-23-20/h3-8,13-15H,9-12H2,1-2H3,(H2,26,27,30). The van der Waals surface area contributed by atoms with Gasteiger partial charge < -0.3 is 25.2 Å². The summed E-state index contributed by atoms with van der Waals surface area (Å²) >= 11 is 0. The number of rotatable bonds is 5. The fourth-order valence-corrected chi connectivity index (χ4v) is 3.41. The van der Waals surface area contributed by atoms with Crippen LogP contribution in [-0.4, -0.2) is 54.3 Å². The number of amides is 2. The van der Waals surface area contributed by atoms with Crippen LogP contribution in [0.2, 0.25) is 0 Å². The maximum atomic E-state index is 12.3. The predicted octanol–water partition coefficient (Wildman–Crippen LogP) is 3.16. The van der Waals surface area contributed by atoms with E-state index < -0.39 is 0 Å². The summed E-state index contributed by atoms with van der Waals surface area (Å²) in [7, 11) is 1.61. The van der Waals surface area contributed by atoms with Crippen LogP contribution in [0, 0.1) is 6.92 Å². The molecule has 2 N–H and O–H groups in total. The Morgan fingerprint density at radius 2 is 1.71 bits per heavy atom. The number of carbonyl (C=O) groups excluding carboxylic acids is 1. The molecule has 31 heavy (non-hydrogen) atoms. The minimum Gasteiger partial charge on any atom is -0.497 e. The van der Waals surface area contributed by atoms with E-state index in [0.29, 0.717) is 17.3 Å². The van der Waals surface area contributed by atoms with Crippen molar-refractivity contribution in [1.82, 2.24) is 15.0 Å². The molecule has 0 saturated carbocycles. The molecule has 9 nitrogen and oxygen atoms in total. The van der Waals surface area contributed by atoms with Crippen LogP contribution in [0.5, 0.6) is 5.75 Å². The Kier molecular flexibility index (Phi) is 6.11. The Bertz CT molecular complexity index is 1020. The lowest BCUT2D eigenvalue weighted by molar-refractivity contribution is 0.262. The zero-order chi connectivity index (χ0) is 21.6. The van der Waals surface area contributed by atoms with Gasteiger partial charge in [-0.25, -0.2) is 19.7 Å². The van der Waals surface area contributed by atoms with Gasteiger partial charge in [0.05, 0.1) is 25.2 Å². The van der Waals surface area contributed by atoms with Crippen LogP contribution in [0.15, 0.2) is 55.0 Å². The molecule has 9 heteroatoms. The first-order valence-electron chi connectivity index (χ1n) is 10.1. The van der Waals surface area contributed by atoms with Crippen LogP contribution in [0.4, 0.5) is 27.9 Å². The zero-order valence-corrected chi connectivity index (χ0v) is 17.6. The Morgan fingerprint density at radius 3 is 2.35 bits per heavy atom. The van der Waals surface area contributed by atoms with E-state index in [9.17, 15) is 4.79 Å². The smallest absolute Gasteiger partial charge is 0.323 e. The minimum absolute atomic E-state index is 0.353. The molecule has 0 spiro atoms. The molecule has 1 saturated heterocycles. The lowest BCUT2D eigenvalue weighted by atomic mass is 10.2. The number of pyridine rings is 1. The lowest BCUT2D eigenvalue weighted by Crippen LogP contribution is -2.47. The van der Waals surface area contributed by atoms with Gasteiger partial charge in [-0.1, -0.05) is 6.07 Å². The van der Waals surface area contributed by atoms with Crippen molar-refractivity contribution in [3.05, 3.63) is 60.6 Å². The predicted molar refractivity (Wildman–Crippen MR) is 121 cm³/mol. The number of nitrogens with one attached hydrogen (secondary N) is 2. The number of hydrogen-bond acceptors (Lipinski definition) is 7. The van der Waals surface area contributed by atoms with Crippen molar-refractivity contribution < 1.29 is 9.53 Å². The average molecular weight is 419 g/mol. The van der Waals surface area contributed by atoms with Crippen LogP contribution < -0.4 is 25.2 Å². The van der Waals surface area contributed by atoms with Gasteiger partial charge in [-0.2, -0.15) is 0 Å². The van der Waals surface area contributed by atoms with E-state index in [1.54, 1.807) is 31.6 Å². The maximum Gasteiger partial charge on any atom is 0.323 e. The second-order valence-corrected chi connectivity index (χ2v) is 7.19. The van der Waals surface area contributed by atoms with Crippen LogP contribution in [0.1, 0.15) is 5.56 Å². The van der Waals surface area contributed by atoms with Crippen LogP contribution in [0.25, 0.3) is 0 Å². The van der Waals surface area contributed by atoms with Gasteiger partial charge in [-0.3, -0.25) is 0 Å². The van der Waals surface area contributed by atoms with Gasteiger partial charge in [0.2, 0.25) is 5.95 Å². The first-order chi connectivity index (χ1) is 15.1. The second-order valence-electron chi connectivity index (χ2n) is 7.19. The summed E-state index contributed by atoms with van der Waals surface area (Å²) in [5.41, 5.74) is 2.15. The summed E-state index contributed by atoms with van der Waals surface area (Å²) in [4.78, 5) is 29.9. The molecule has 160 valence electrons. The molecule has 1 aromatic carbocycles. The van der Waals surface area contributed by atoms with Gasteiger partial charge >= 0.3 is 6.03 Å². The van der Waals surface area contributed by atoms with Crippen molar-refractivity contribution in [2.75, 3.05) is 53.7 Å². The first-order valence-corrected chi connectivity index (χ1v) is 10.1. The number of nitrogens with zero attached hydrogens (tertiary/aromatic N) is 5. The Labute approximate surface area is 181 Å². The largest absolute Gasteiger partial charge is 0.497 e. The van der Waals surface area contributed by atoms with Crippen molar-refractivity contribution >= 4 is 29.2 Å². The van der Waals surface area contributed by atoms with Gasteiger partial charge in [-0.05, 0) is 42.8 Å². The summed E-state index contributed by atoms with van der Waals surface area (Å²) < 4.78 is 5.19. The molecule has 2 aromatic heterocycles. The highest BCUT2D eigenvalue weighted by molar-refractivity contribution is 6.00. The van der Waals surface area contributed by atoms with Gasteiger partial charge in [0, 0.05) is 38.1 Å². The van der Waals surface area contributed by atoms with Gasteiger partial charge in [0.1, 0.15) is 11.6 Å². The molecule has 3 heterocycles.